The molecule has 0 aliphatic carbocycles. The fourth-order valence-corrected chi connectivity index (χ4v) is 3.12. The molecule has 0 radical (unpaired) electrons. The normalized spacial score (nSPS) is 18.5. The number of hydrogen-bond acceptors (Lipinski definition) is 6. The molecule has 30 heavy (non-hydrogen) atoms. The third kappa shape index (κ3) is 6.75. The van der Waals surface area contributed by atoms with Gasteiger partial charge in [0.15, 0.2) is 0 Å². The van der Waals surface area contributed by atoms with Crippen LogP contribution in [0.25, 0.3) is 0 Å². The Balaban J connectivity index is 2.11. The van der Waals surface area contributed by atoms with Gasteiger partial charge in [-0.15, -0.1) is 0 Å². The van der Waals surface area contributed by atoms with Crippen LogP contribution in [0.15, 0.2) is 30.3 Å². The van der Waals surface area contributed by atoms with E-state index in [4.69, 9.17) is 9.47 Å². The van der Waals surface area contributed by atoms with Crippen LogP contribution in [0, 0.1) is 0 Å². The van der Waals surface area contributed by atoms with Crippen molar-refractivity contribution in [3.05, 3.63) is 35.9 Å². The largest absolute Gasteiger partial charge is 0.465 e. The second-order valence-electron chi connectivity index (χ2n) is 7.94. The highest BCUT2D eigenvalue weighted by Gasteiger charge is 2.41. The molecule has 1 aromatic rings. The lowest BCUT2D eigenvalue weighted by Gasteiger charge is -2.24. The zero-order valence-electron chi connectivity index (χ0n) is 17.8. The lowest BCUT2D eigenvalue weighted by Crippen LogP contribution is -2.47. The van der Waals surface area contributed by atoms with E-state index in [1.807, 2.05) is 0 Å². The molecule has 1 fully saturated rings. The van der Waals surface area contributed by atoms with Gasteiger partial charge in [-0.05, 0) is 46.2 Å². The molecule has 1 saturated heterocycles. The number of likely N-dealkylation sites (tertiary alicyclic amines) is 1. The SMILES string of the molecule is CCOC(=O)CNC(=O)[C@@H]1C[C@H](NC(=O)OC(C)(C)C)CN1C(=O)c1ccccc1. The number of carbonyl (C=O) groups excluding carboxylic acids is 4. The Morgan fingerprint density at radius 3 is 2.40 bits per heavy atom. The zero-order valence-corrected chi connectivity index (χ0v) is 17.8. The summed E-state index contributed by atoms with van der Waals surface area (Å²) < 4.78 is 10.1. The van der Waals surface area contributed by atoms with Crippen molar-refractivity contribution in [1.29, 1.82) is 0 Å². The van der Waals surface area contributed by atoms with Crippen LogP contribution in [0.1, 0.15) is 44.5 Å². The molecule has 0 spiro atoms. The minimum atomic E-state index is -0.841. The van der Waals surface area contributed by atoms with Crippen molar-refractivity contribution >= 4 is 23.9 Å². The zero-order chi connectivity index (χ0) is 22.3. The number of nitrogens with zero attached hydrogens (tertiary/aromatic N) is 1. The average Bonchev–Trinajstić information content (AvgIpc) is 3.08. The van der Waals surface area contributed by atoms with Gasteiger partial charge in [0.1, 0.15) is 18.2 Å². The Kier molecular flexibility index (Phi) is 7.79. The number of ether oxygens (including phenoxy) is 2. The van der Waals surface area contributed by atoms with Crippen molar-refractivity contribution in [3.63, 3.8) is 0 Å². The average molecular weight is 419 g/mol. The van der Waals surface area contributed by atoms with Crippen molar-refractivity contribution in [1.82, 2.24) is 15.5 Å². The molecule has 1 aliphatic rings. The minimum absolute atomic E-state index is 0.143. The molecule has 1 aromatic carbocycles. The van der Waals surface area contributed by atoms with Crippen LogP contribution in [-0.4, -0.2) is 66.2 Å². The monoisotopic (exact) mass is 419 g/mol. The van der Waals surface area contributed by atoms with E-state index in [-0.39, 0.29) is 32.0 Å². The summed E-state index contributed by atoms with van der Waals surface area (Å²) >= 11 is 0. The fourth-order valence-electron chi connectivity index (χ4n) is 3.12. The van der Waals surface area contributed by atoms with E-state index in [1.54, 1.807) is 58.0 Å². The van der Waals surface area contributed by atoms with Gasteiger partial charge < -0.3 is 25.0 Å². The third-order valence-electron chi connectivity index (χ3n) is 4.32. The van der Waals surface area contributed by atoms with Crippen LogP contribution < -0.4 is 10.6 Å². The van der Waals surface area contributed by atoms with Gasteiger partial charge in [0, 0.05) is 12.1 Å². The summed E-state index contributed by atoms with van der Waals surface area (Å²) in [6, 6.07) is 7.26. The Morgan fingerprint density at radius 2 is 1.80 bits per heavy atom. The lowest BCUT2D eigenvalue weighted by atomic mass is 10.1. The van der Waals surface area contributed by atoms with Gasteiger partial charge in [-0.1, -0.05) is 18.2 Å². The van der Waals surface area contributed by atoms with Crippen LogP contribution in [-0.2, 0) is 19.1 Å². The molecule has 164 valence electrons. The van der Waals surface area contributed by atoms with Gasteiger partial charge >= 0.3 is 12.1 Å². The first-order chi connectivity index (χ1) is 14.1. The summed E-state index contributed by atoms with van der Waals surface area (Å²) in [4.78, 5) is 50.8. The number of amides is 3. The second-order valence-corrected chi connectivity index (χ2v) is 7.94. The molecular weight excluding hydrogens is 390 g/mol. The molecule has 0 saturated carbocycles. The second kappa shape index (κ2) is 10.1. The van der Waals surface area contributed by atoms with Crippen molar-refractivity contribution in [2.24, 2.45) is 0 Å². The number of rotatable bonds is 6. The first-order valence-corrected chi connectivity index (χ1v) is 9.89. The van der Waals surface area contributed by atoms with Crippen LogP contribution in [0.3, 0.4) is 0 Å². The Labute approximate surface area is 176 Å². The van der Waals surface area contributed by atoms with E-state index in [2.05, 4.69) is 10.6 Å². The molecule has 9 nitrogen and oxygen atoms in total. The number of hydrogen-bond donors (Lipinski definition) is 2. The van der Waals surface area contributed by atoms with Crippen molar-refractivity contribution in [2.45, 2.75) is 51.8 Å². The van der Waals surface area contributed by atoms with Gasteiger partial charge in [-0.3, -0.25) is 14.4 Å². The van der Waals surface area contributed by atoms with E-state index in [9.17, 15) is 19.2 Å². The van der Waals surface area contributed by atoms with Gasteiger partial charge in [0.05, 0.1) is 12.6 Å². The van der Waals surface area contributed by atoms with Crippen molar-refractivity contribution in [3.8, 4) is 0 Å². The predicted molar refractivity (Wildman–Crippen MR) is 109 cm³/mol. The fraction of sp³-hybridized carbons (Fsp3) is 0.524. The van der Waals surface area contributed by atoms with E-state index < -0.39 is 35.7 Å². The van der Waals surface area contributed by atoms with E-state index in [0.29, 0.717) is 5.56 Å². The van der Waals surface area contributed by atoms with Crippen LogP contribution >= 0.6 is 0 Å². The highest BCUT2D eigenvalue weighted by Crippen LogP contribution is 2.22. The third-order valence-corrected chi connectivity index (χ3v) is 4.32. The molecule has 0 unspecified atom stereocenters. The van der Waals surface area contributed by atoms with Gasteiger partial charge in [-0.2, -0.15) is 0 Å². The van der Waals surface area contributed by atoms with Gasteiger partial charge in [0.2, 0.25) is 5.91 Å². The Bertz CT molecular complexity index is 775. The topological polar surface area (TPSA) is 114 Å². The highest BCUT2D eigenvalue weighted by molar-refractivity contribution is 5.98. The molecule has 2 rings (SSSR count). The molecule has 0 aromatic heterocycles. The lowest BCUT2D eigenvalue weighted by molar-refractivity contribution is -0.143. The smallest absolute Gasteiger partial charge is 0.407 e. The minimum Gasteiger partial charge on any atom is -0.465 e. The first kappa shape index (κ1) is 23.2. The molecule has 0 bridgehead atoms. The molecule has 2 atom stereocenters. The molecule has 1 heterocycles. The number of esters is 1. The number of alkyl carbamates (subject to hydrolysis) is 1. The molecule has 1 aliphatic heterocycles. The van der Waals surface area contributed by atoms with Crippen molar-refractivity contribution in [2.75, 3.05) is 19.7 Å². The number of carbonyl (C=O) groups is 4. The number of benzene rings is 1. The molecule has 3 amide bonds. The maximum absolute atomic E-state index is 13.0. The standard InChI is InChI=1S/C21H29N3O6/c1-5-29-17(25)12-22-18(26)16-11-15(23-20(28)30-21(2,3)4)13-24(16)19(27)14-9-7-6-8-10-14/h6-10,15-16H,5,11-13H2,1-4H3,(H,22,26)(H,23,28)/t15-,16-/m0/s1. The summed E-state index contributed by atoms with van der Waals surface area (Å²) in [6.45, 7) is 6.97. The van der Waals surface area contributed by atoms with Gasteiger partial charge in [0.25, 0.3) is 5.91 Å². The maximum Gasteiger partial charge on any atom is 0.407 e. The van der Waals surface area contributed by atoms with Gasteiger partial charge in [-0.25, -0.2) is 4.79 Å². The van der Waals surface area contributed by atoms with E-state index in [0.717, 1.165) is 0 Å². The van der Waals surface area contributed by atoms with Crippen LogP contribution in [0.4, 0.5) is 4.79 Å². The van der Waals surface area contributed by atoms with Crippen molar-refractivity contribution < 1.29 is 28.7 Å². The summed E-state index contributed by atoms with van der Waals surface area (Å²) in [5.41, 5.74) is -0.239. The summed E-state index contributed by atoms with van der Waals surface area (Å²) in [6.07, 6.45) is -0.417. The quantitative estimate of drug-likeness (QED) is 0.675. The molecular formula is C21H29N3O6. The van der Waals surface area contributed by atoms with E-state index >= 15 is 0 Å². The highest BCUT2D eigenvalue weighted by atomic mass is 16.6. The summed E-state index contributed by atoms with van der Waals surface area (Å²) in [5.74, 6) is -1.38. The summed E-state index contributed by atoms with van der Waals surface area (Å²) in [5, 5.41) is 5.22. The number of nitrogens with one attached hydrogen (secondary N) is 2. The Morgan fingerprint density at radius 1 is 1.13 bits per heavy atom. The Hall–Kier alpha value is -3.10. The molecule has 9 heteroatoms. The predicted octanol–water partition coefficient (Wildman–Crippen LogP) is 1.47. The maximum atomic E-state index is 13.0. The molecule has 2 N–H and O–H groups in total. The van der Waals surface area contributed by atoms with Crippen LogP contribution in [0.2, 0.25) is 0 Å². The summed E-state index contributed by atoms with van der Waals surface area (Å²) in [7, 11) is 0. The first-order valence-electron chi connectivity index (χ1n) is 9.89. The van der Waals surface area contributed by atoms with E-state index in [1.165, 1.54) is 4.90 Å². The van der Waals surface area contributed by atoms with Crippen LogP contribution in [0.5, 0.6) is 0 Å².